The third-order valence-electron chi connectivity index (χ3n) is 3.97. The van der Waals surface area contributed by atoms with E-state index in [2.05, 4.69) is 20.3 Å². The van der Waals surface area contributed by atoms with E-state index in [0.717, 1.165) is 35.9 Å². The predicted molar refractivity (Wildman–Crippen MR) is 105 cm³/mol. The van der Waals surface area contributed by atoms with Crippen LogP contribution in [0.15, 0.2) is 33.5 Å². The monoisotopic (exact) mass is 442 g/mol. The lowest BCUT2D eigenvalue weighted by Crippen LogP contribution is -2.28. The number of carbonyl (C=O) groups excluding carboxylic acids is 2. The van der Waals surface area contributed by atoms with Crippen LogP contribution in [0.4, 0.5) is 5.13 Å². The third kappa shape index (κ3) is 4.87. The number of hydrogen-bond acceptors (Lipinski definition) is 9. The molecule has 1 aliphatic rings. The first-order chi connectivity index (χ1) is 13.4. The third-order valence-corrected chi connectivity index (χ3v) is 7.81. The average molecular weight is 443 g/mol. The quantitative estimate of drug-likeness (QED) is 0.392. The van der Waals surface area contributed by atoms with Crippen LogP contribution in [0.2, 0.25) is 0 Å². The summed E-state index contributed by atoms with van der Waals surface area (Å²) in [5, 5.41) is 10.6. The Kier molecular flexibility index (Phi) is 6.65. The van der Waals surface area contributed by atoms with Crippen molar-refractivity contribution in [1.29, 1.82) is 0 Å². The van der Waals surface area contributed by atoms with Gasteiger partial charge in [-0.05, 0) is 31.0 Å². The average Bonchev–Trinajstić information content (AvgIpc) is 3.38. The van der Waals surface area contributed by atoms with Gasteiger partial charge in [-0.2, -0.15) is 4.31 Å². The maximum atomic E-state index is 12.7. The number of carbonyl (C=O) groups is 2. The molecule has 9 nitrogen and oxygen atoms in total. The van der Waals surface area contributed by atoms with Crippen LogP contribution >= 0.6 is 23.1 Å². The number of rotatable bonds is 7. The Balaban J connectivity index is 1.68. The second-order valence-corrected chi connectivity index (χ2v) is 9.97. The van der Waals surface area contributed by atoms with Gasteiger partial charge in [0.25, 0.3) is 5.91 Å². The minimum Gasteiger partial charge on any atom is -0.468 e. The van der Waals surface area contributed by atoms with Gasteiger partial charge in [-0.15, -0.1) is 10.2 Å². The highest BCUT2D eigenvalue weighted by molar-refractivity contribution is 8.01. The molecular weight excluding hydrogens is 424 g/mol. The fraction of sp³-hybridized carbons (Fsp3) is 0.375. The zero-order chi connectivity index (χ0) is 20.1. The van der Waals surface area contributed by atoms with E-state index in [-0.39, 0.29) is 27.3 Å². The van der Waals surface area contributed by atoms with E-state index in [1.54, 1.807) is 0 Å². The Bertz CT molecular complexity index is 970. The van der Waals surface area contributed by atoms with Crippen molar-refractivity contribution >= 4 is 50.1 Å². The van der Waals surface area contributed by atoms with Gasteiger partial charge in [0.1, 0.15) is 0 Å². The highest BCUT2D eigenvalue weighted by atomic mass is 32.2. The van der Waals surface area contributed by atoms with Gasteiger partial charge in [0.05, 0.1) is 17.8 Å². The zero-order valence-electron chi connectivity index (χ0n) is 15.0. The number of nitrogens with zero attached hydrogens (tertiary/aromatic N) is 3. The van der Waals surface area contributed by atoms with Crippen molar-refractivity contribution in [3.05, 3.63) is 29.8 Å². The number of benzene rings is 1. The molecule has 150 valence electrons. The van der Waals surface area contributed by atoms with Crippen LogP contribution < -0.4 is 5.32 Å². The molecule has 0 unspecified atom stereocenters. The summed E-state index contributed by atoms with van der Waals surface area (Å²) in [7, 11) is -2.30. The van der Waals surface area contributed by atoms with E-state index in [1.807, 2.05) is 0 Å². The Morgan fingerprint density at radius 3 is 2.75 bits per heavy atom. The number of esters is 1. The maximum absolute atomic E-state index is 12.7. The molecular formula is C16H18N4O5S3. The molecule has 1 fully saturated rings. The van der Waals surface area contributed by atoms with Crippen LogP contribution in [0.25, 0.3) is 0 Å². The number of sulfonamides is 1. The molecule has 1 aliphatic heterocycles. The van der Waals surface area contributed by atoms with Crippen LogP contribution in [0.1, 0.15) is 23.2 Å². The Hall–Kier alpha value is -2.02. The minimum atomic E-state index is -3.60. The van der Waals surface area contributed by atoms with Gasteiger partial charge >= 0.3 is 5.97 Å². The van der Waals surface area contributed by atoms with E-state index in [1.165, 1.54) is 35.7 Å². The van der Waals surface area contributed by atoms with E-state index in [9.17, 15) is 18.0 Å². The molecule has 1 N–H and O–H groups in total. The van der Waals surface area contributed by atoms with Crippen molar-refractivity contribution in [3.63, 3.8) is 0 Å². The fourth-order valence-corrected chi connectivity index (χ4v) is 5.69. The van der Waals surface area contributed by atoms with Crippen LogP contribution in [0.5, 0.6) is 0 Å². The summed E-state index contributed by atoms with van der Waals surface area (Å²) in [6.07, 6.45) is 1.68. The van der Waals surface area contributed by atoms with E-state index >= 15 is 0 Å². The summed E-state index contributed by atoms with van der Waals surface area (Å²) in [5.41, 5.74) is 0.208. The first-order valence-corrected chi connectivity index (χ1v) is 11.6. The smallest absolute Gasteiger partial charge is 0.316 e. The Morgan fingerprint density at radius 1 is 1.29 bits per heavy atom. The lowest BCUT2D eigenvalue weighted by atomic mass is 10.2. The number of nitrogens with one attached hydrogen (secondary N) is 1. The van der Waals surface area contributed by atoms with Crippen molar-refractivity contribution in [1.82, 2.24) is 14.5 Å². The standard InChI is InChI=1S/C16H18N4O5S3/c1-25-13(21)10-26-16-19-18-15(27-16)17-14(22)11-5-4-6-12(9-11)28(23,24)20-7-2-3-8-20/h4-6,9H,2-3,7-8,10H2,1H3,(H,17,18,22). The second-order valence-electron chi connectivity index (χ2n) is 5.83. The Morgan fingerprint density at radius 2 is 2.04 bits per heavy atom. The molecule has 1 aromatic carbocycles. The number of hydrogen-bond donors (Lipinski definition) is 1. The van der Waals surface area contributed by atoms with E-state index in [0.29, 0.717) is 17.4 Å². The van der Waals surface area contributed by atoms with Crippen LogP contribution in [0.3, 0.4) is 0 Å². The molecule has 2 heterocycles. The highest BCUT2D eigenvalue weighted by Crippen LogP contribution is 2.26. The molecule has 3 rings (SSSR count). The summed E-state index contributed by atoms with van der Waals surface area (Å²) in [6, 6.07) is 5.91. The molecule has 0 spiro atoms. The van der Waals surface area contributed by atoms with Gasteiger partial charge in [-0.3, -0.25) is 14.9 Å². The summed E-state index contributed by atoms with van der Waals surface area (Å²) in [6.45, 7) is 0.991. The summed E-state index contributed by atoms with van der Waals surface area (Å²) in [5.74, 6) is -0.781. The summed E-state index contributed by atoms with van der Waals surface area (Å²) in [4.78, 5) is 23.7. The van der Waals surface area contributed by atoms with Crippen molar-refractivity contribution in [2.45, 2.75) is 22.1 Å². The molecule has 2 aromatic rings. The molecule has 1 aromatic heterocycles. The van der Waals surface area contributed by atoms with Crippen molar-refractivity contribution < 1.29 is 22.7 Å². The first kappa shape index (κ1) is 20.7. The molecule has 12 heteroatoms. The maximum Gasteiger partial charge on any atom is 0.316 e. The molecule has 0 radical (unpaired) electrons. The first-order valence-electron chi connectivity index (χ1n) is 8.35. The SMILES string of the molecule is COC(=O)CSc1nnc(NC(=O)c2cccc(S(=O)(=O)N3CCCC3)c2)s1. The van der Waals surface area contributed by atoms with Gasteiger partial charge in [0, 0.05) is 18.7 Å². The molecule has 1 amide bonds. The number of anilines is 1. The lowest BCUT2D eigenvalue weighted by molar-refractivity contribution is -0.137. The summed E-state index contributed by atoms with van der Waals surface area (Å²) < 4.78 is 31.8. The zero-order valence-corrected chi connectivity index (χ0v) is 17.4. The lowest BCUT2D eigenvalue weighted by Gasteiger charge is -2.15. The number of ether oxygens (including phenoxy) is 1. The van der Waals surface area contributed by atoms with Crippen molar-refractivity contribution in [2.24, 2.45) is 0 Å². The highest BCUT2D eigenvalue weighted by Gasteiger charge is 2.27. The topological polar surface area (TPSA) is 119 Å². The normalized spacial score (nSPS) is 14.8. The van der Waals surface area contributed by atoms with Gasteiger partial charge in [0.15, 0.2) is 4.34 Å². The molecule has 28 heavy (non-hydrogen) atoms. The molecule has 1 saturated heterocycles. The number of aromatic nitrogens is 2. The number of methoxy groups -OCH3 is 1. The van der Waals surface area contributed by atoms with E-state index < -0.39 is 15.9 Å². The summed E-state index contributed by atoms with van der Waals surface area (Å²) >= 11 is 2.26. The molecule has 0 bridgehead atoms. The fourth-order valence-electron chi connectivity index (χ4n) is 2.54. The van der Waals surface area contributed by atoms with Crippen LogP contribution in [-0.4, -0.2) is 60.7 Å². The minimum absolute atomic E-state index is 0.0913. The predicted octanol–water partition coefficient (Wildman–Crippen LogP) is 1.84. The Labute approximate surface area is 170 Å². The molecule has 0 atom stereocenters. The largest absolute Gasteiger partial charge is 0.468 e. The van der Waals surface area contributed by atoms with Gasteiger partial charge in [-0.1, -0.05) is 29.2 Å². The number of amides is 1. The van der Waals surface area contributed by atoms with E-state index in [4.69, 9.17) is 0 Å². The van der Waals surface area contributed by atoms with Gasteiger partial charge < -0.3 is 4.74 Å². The van der Waals surface area contributed by atoms with Crippen molar-refractivity contribution in [3.8, 4) is 0 Å². The number of thioether (sulfide) groups is 1. The molecule has 0 aliphatic carbocycles. The second kappa shape index (κ2) is 8.99. The van der Waals surface area contributed by atoms with Crippen LogP contribution in [0, 0.1) is 0 Å². The molecule has 0 saturated carbocycles. The van der Waals surface area contributed by atoms with Crippen LogP contribution in [-0.2, 0) is 19.6 Å². The van der Waals surface area contributed by atoms with Gasteiger partial charge in [0.2, 0.25) is 15.2 Å². The van der Waals surface area contributed by atoms with Crippen molar-refractivity contribution in [2.75, 3.05) is 31.3 Å². The van der Waals surface area contributed by atoms with Gasteiger partial charge in [-0.25, -0.2) is 8.42 Å².